The first-order valence-corrected chi connectivity index (χ1v) is 9.61. The molecule has 3 N–H and O–H groups in total. The van der Waals surface area contributed by atoms with E-state index >= 15 is 0 Å². The van der Waals surface area contributed by atoms with Gasteiger partial charge in [0, 0.05) is 12.1 Å². The van der Waals surface area contributed by atoms with Crippen LogP contribution in [0.4, 0.5) is 0 Å². The summed E-state index contributed by atoms with van der Waals surface area (Å²) < 4.78 is 6.05. The quantitative estimate of drug-likeness (QED) is 0.675. The smallest absolute Gasteiger partial charge is 0.166 e. The lowest BCUT2D eigenvalue weighted by molar-refractivity contribution is -0.113. The van der Waals surface area contributed by atoms with Crippen molar-refractivity contribution in [1.29, 1.82) is 0 Å². The summed E-state index contributed by atoms with van der Waals surface area (Å²) in [4.78, 5) is 2.29. The van der Waals surface area contributed by atoms with Crippen molar-refractivity contribution in [1.82, 2.24) is 4.90 Å². The number of phenols is 1. The van der Waals surface area contributed by atoms with Crippen LogP contribution in [0.2, 0.25) is 0 Å². The van der Waals surface area contributed by atoms with E-state index in [9.17, 15) is 15.3 Å². The first-order valence-electron chi connectivity index (χ1n) is 9.61. The summed E-state index contributed by atoms with van der Waals surface area (Å²) in [5.41, 5.74) is -0.0463. The van der Waals surface area contributed by atoms with Crippen LogP contribution in [0.15, 0.2) is 36.6 Å². The molecule has 0 amide bonds. The zero-order valence-electron chi connectivity index (χ0n) is 14.9. The van der Waals surface area contributed by atoms with E-state index in [1.807, 2.05) is 12.1 Å². The summed E-state index contributed by atoms with van der Waals surface area (Å²) in [6.45, 7) is 0.960. The van der Waals surface area contributed by atoms with Crippen LogP contribution < -0.4 is 4.74 Å². The lowest BCUT2D eigenvalue weighted by Gasteiger charge is -2.59. The van der Waals surface area contributed by atoms with Crippen molar-refractivity contribution in [2.75, 3.05) is 6.54 Å². The van der Waals surface area contributed by atoms with Gasteiger partial charge in [0.05, 0.1) is 11.5 Å². The molecule has 6 rings (SSSR count). The maximum absolute atomic E-state index is 11.9. The lowest BCUT2D eigenvalue weighted by Crippen LogP contribution is -2.73. The van der Waals surface area contributed by atoms with Crippen LogP contribution in [0, 0.1) is 5.92 Å². The molecule has 0 saturated heterocycles. The standard InChI is InChI=1S/C21H23NO4.ClH/c23-14-5-4-13-10-16-21(25)7-6-15(24)19-20(21,17(13)18(14)26-19)8-9-22(16)11-12-2-1-3-12;/h4-9,12,15-16,19,23-25H,1-3,10-11H2;1H/t15-,16+,19-,20-,21+;/m0./s1. The summed E-state index contributed by atoms with van der Waals surface area (Å²) in [6.07, 6.45) is 10.6. The van der Waals surface area contributed by atoms with Crippen LogP contribution in [-0.4, -0.2) is 50.6 Å². The van der Waals surface area contributed by atoms with Gasteiger partial charge in [-0.2, -0.15) is 0 Å². The normalized spacial score (nSPS) is 40.1. The largest absolute Gasteiger partial charge is 0.504 e. The van der Waals surface area contributed by atoms with Crippen molar-refractivity contribution < 1.29 is 20.1 Å². The molecule has 2 heterocycles. The molecule has 27 heavy (non-hydrogen) atoms. The number of aliphatic hydroxyl groups excluding tert-OH is 1. The Morgan fingerprint density at radius 2 is 2.04 bits per heavy atom. The van der Waals surface area contributed by atoms with Crippen LogP contribution >= 0.6 is 12.4 Å². The van der Waals surface area contributed by atoms with E-state index in [1.165, 1.54) is 19.3 Å². The Morgan fingerprint density at radius 1 is 1.22 bits per heavy atom. The topological polar surface area (TPSA) is 73.2 Å². The molecule has 1 aromatic rings. The molecule has 3 aliphatic carbocycles. The van der Waals surface area contributed by atoms with Gasteiger partial charge in [-0.05, 0) is 43.0 Å². The summed E-state index contributed by atoms with van der Waals surface area (Å²) in [6, 6.07) is 3.52. The number of aliphatic hydroxyl groups is 2. The highest BCUT2D eigenvalue weighted by molar-refractivity contribution is 5.85. The highest BCUT2D eigenvalue weighted by atomic mass is 35.5. The van der Waals surface area contributed by atoms with Gasteiger partial charge in [0.1, 0.15) is 17.8 Å². The molecule has 2 aliphatic heterocycles. The van der Waals surface area contributed by atoms with Gasteiger partial charge in [-0.3, -0.25) is 0 Å². The summed E-state index contributed by atoms with van der Waals surface area (Å²) in [5.74, 6) is 1.19. The van der Waals surface area contributed by atoms with Crippen LogP contribution in [0.25, 0.3) is 0 Å². The van der Waals surface area contributed by atoms with Gasteiger partial charge in [-0.25, -0.2) is 0 Å². The van der Waals surface area contributed by atoms with Gasteiger partial charge in [0.25, 0.3) is 0 Å². The molecule has 0 aromatic heterocycles. The Morgan fingerprint density at radius 3 is 2.78 bits per heavy atom. The fourth-order valence-corrected chi connectivity index (χ4v) is 5.88. The van der Waals surface area contributed by atoms with Gasteiger partial charge in [-0.15, -0.1) is 12.4 Å². The number of hydrogen-bond acceptors (Lipinski definition) is 5. The third-order valence-electron chi connectivity index (χ3n) is 7.40. The summed E-state index contributed by atoms with van der Waals surface area (Å²) in [5, 5.41) is 32.9. The number of rotatable bonds is 2. The minimum atomic E-state index is -1.15. The van der Waals surface area contributed by atoms with Crippen LogP contribution in [0.3, 0.4) is 0 Å². The average molecular weight is 390 g/mol. The molecule has 1 saturated carbocycles. The number of hydrogen-bond donors (Lipinski definition) is 3. The fraction of sp³-hybridized carbons (Fsp3) is 0.524. The minimum Gasteiger partial charge on any atom is -0.504 e. The van der Waals surface area contributed by atoms with E-state index < -0.39 is 23.2 Å². The van der Waals surface area contributed by atoms with E-state index in [2.05, 4.69) is 11.1 Å². The molecule has 0 unspecified atom stereocenters. The Kier molecular flexibility index (Phi) is 3.50. The van der Waals surface area contributed by atoms with E-state index in [0.717, 1.165) is 17.7 Å². The van der Waals surface area contributed by atoms with Gasteiger partial charge in [-0.1, -0.05) is 30.7 Å². The Hall–Kier alpha value is -1.69. The van der Waals surface area contributed by atoms with Crippen molar-refractivity contribution >= 4 is 12.4 Å². The molecular formula is C21H24ClNO4. The van der Waals surface area contributed by atoms with E-state index in [-0.39, 0.29) is 24.2 Å². The second kappa shape index (κ2) is 5.43. The zero-order chi connectivity index (χ0) is 17.7. The summed E-state index contributed by atoms with van der Waals surface area (Å²) >= 11 is 0. The number of halogens is 1. The van der Waals surface area contributed by atoms with Crippen molar-refractivity contribution in [3.05, 3.63) is 47.7 Å². The van der Waals surface area contributed by atoms with E-state index in [1.54, 1.807) is 18.2 Å². The van der Waals surface area contributed by atoms with Crippen LogP contribution in [0.1, 0.15) is 30.4 Å². The second-order valence-electron chi connectivity index (χ2n) is 8.56. The first-order chi connectivity index (χ1) is 12.5. The molecule has 1 fully saturated rings. The Bertz CT molecular complexity index is 866. The number of aromatic hydroxyl groups is 1. The molecule has 5 atom stereocenters. The Balaban J connectivity index is 0.00000160. The number of nitrogens with zero attached hydrogens (tertiary/aromatic N) is 1. The monoisotopic (exact) mass is 389 g/mol. The molecule has 5 nitrogen and oxygen atoms in total. The minimum absolute atomic E-state index is 0. The second-order valence-corrected chi connectivity index (χ2v) is 8.56. The Labute approximate surface area is 164 Å². The molecule has 1 aromatic carbocycles. The lowest BCUT2D eigenvalue weighted by atomic mass is 9.52. The molecule has 6 heteroatoms. The average Bonchev–Trinajstić information content (AvgIpc) is 2.93. The highest BCUT2D eigenvalue weighted by Crippen LogP contribution is 2.63. The third-order valence-corrected chi connectivity index (χ3v) is 7.40. The molecule has 2 bridgehead atoms. The number of phenolic OH excluding ortho intramolecular Hbond substituents is 1. The maximum atomic E-state index is 11.9. The van der Waals surface area contributed by atoms with Crippen molar-refractivity contribution in [2.45, 2.75) is 54.9 Å². The fourth-order valence-electron chi connectivity index (χ4n) is 5.88. The van der Waals surface area contributed by atoms with Crippen LogP contribution in [0.5, 0.6) is 11.5 Å². The van der Waals surface area contributed by atoms with E-state index in [4.69, 9.17) is 4.74 Å². The van der Waals surface area contributed by atoms with Crippen molar-refractivity contribution in [3.8, 4) is 11.5 Å². The maximum Gasteiger partial charge on any atom is 0.166 e. The van der Waals surface area contributed by atoms with E-state index in [0.29, 0.717) is 18.1 Å². The molecule has 1 spiro atoms. The first kappa shape index (κ1) is 17.4. The molecule has 0 radical (unpaired) electrons. The SMILES string of the molecule is Cl.Oc1ccc2c3c1O[C@H]1[C@@H](O)C=C[C@@]4(O)[C@@H](C2)N(CC2CCC2)C=C[C@]314. The van der Waals surface area contributed by atoms with Crippen molar-refractivity contribution in [2.24, 2.45) is 5.92 Å². The number of ether oxygens (including phenoxy) is 1. The number of benzene rings is 1. The van der Waals surface area contributed by atoms with Gasteiger partial charge in [0.15, 0.2) is 11.5 Å². The van der Waals surface area contributed by atoms with Gasteiger partial charge < -0.3 is 25.0 Å². The molecule has 144 valence electrons. The van der Waals surface area contributed by atoms with Gasteiger partial charge >= 0.3 is 0 Å². The van der Waals surface area contributed by atoms with Crippen molar-refractivity contribution in [3.63, 3.8) is 0 Å². The molecular weight excluding hydrogens is 366 g/mol. The third kappa shape index (κ3) is 1.88. The predicted molar refractivity (Wildman–Crippen MR) is 102 cm³/mol. The predicted octanol–water partition coefficient (Wildman–Crippen LogP) is 2.03. The molecule has 5 aliphatic rings. The summed E-state index contributed by atoms with van der Waals surface area (Å²) in [7, 11) is 0. The van der Waals surface area contributed by atoms with Gasteiger partial charge in [0.2, 0.25) is 0 Å². The van der Waals surface area contributed by atoms with Crippen LogP contribution in [-0.2, 0) is 11.8 Å². The highest BCUT2D eigenvalue weighted by Gasteiger charge is 2.70. The zero-order valence-corrected chi connectivity index (χ0v) is 15.7.